The molecule has 0 aliphatic heterocycles. The number of aromatic nitrogens is 1. The third kappa shape index (κ3) is 5.62. The van der Waals surface area contributed by atoms with Gasteiger partial charge in [-0.1, -0.05) is 29.8 Å². The summed E-state index contributed by atoms with van der Waals surface area (Å²) in [7, 11) is 0. The molecular formula is C22H21ClN2O3S2. The second-order valence-corrected chi connectivity index (χ2v) is 8.89. The normalized spacial score (nSPS) is 10.7. The summed E-state index contributed by atoms with van der Waals surface area (Å²) < 4.78 is 5.32. The van der Waals surface area contributed by atoms with E-state index in [2.05, 4.69) is 4.98 Å². The monoisotopic (exact) mass is 460 g/mol. The van der Waals surface area contributed by atoms with E-state index in [9.17, 15) is 9.59 Å². The Kier molecular flexibility index (Phi) is 7.53. The summed E-state index contributed by atoms with van der Waals surface area (Å²) in [5, 5.41) is 2.94. The highest BCUT2D eigenvalue weighted by atomic mass is 35.5. The third-order valence-electron chi connectivity index (χ3n) is 4.36. The highest BCUT2D eigenvalue weighted by molar-refractivity contribution is 8.00. The number of nitrogens with zero attached hydrogens (tertiary/aromatic N) is 2. The molecule has 1 heterocycles. The number of hydrogen-bond donors (Lipinski definition) is 0. The Balaban J connectivity index is 1.62. The van der Waals surface area contributed by atoms with Gasteiger partial charge in [-0.05, 0) is 49.2 Å². The summed E-state index contributed by atoms with van der Waals surface area (Å²) in [6.07, 6.45) is 0. The highest BCUT2D eigenvalue weighted by Crippen LogP contribution is 2.31. The summed E-state index contributed by atoms with van der Waals surface area (Å²) >= 11 is 8.76. The summed E-state index contributed by atoms with van der Waals surface area (Å²) in [5.74, 6) is -0.331. The number of ether oxygens (including phenoxy) is 1. The number of anilines is 2. The molecule has 0 saturated heterocycles. The number of amides is 1. The van der Waals surface area contributed by atoms with Gasteiger partial charge in [-0.3, -0.25) is 14.5 Å². The van der Waals surface area contributed by atoms with E-state index < -0.39 is 0 Å². The number of halogens is 1. The summed E-state index contributed by atoms with van der Waals surface area (Å²) in [5.41, 5.74) is 3.62. The summed E-state index contributed by atoms with van der Waals surface area (Å²) in [6, 6.07) is 13.2. The lowest BCUT2D eigenvalue weighted by Gasteiger charge is -2.19. The van der Waals surface area contributed by atoms with Gasteiger partial charge in [0.25, 0.3) is 0 Å². The fourth-order valence-corrected chi connectivity index (χ4v) is 4.56. The zero-order valence-corrected chi connectivity index (χ0v) is 19.2. The fourth-order valence-electron chi connectivity index (χ4n) is 2.65. The zero-order chi connectivity index (χ0) is 21.7. The second-order valence-electron chi connectivity index (χ2n) is 6.62. The van der Waals surface area contributed by atoms with Gasteiger partial charge in [0.2, 0.25) is 5.91 Å². The molecule has 0 saturated carbocycles. The average Bonchev–Trinajstić information content (AvgIpc) is 3.16. The van der Waals surface area contributed by atoms with Crippen molar-refractivity contribution >= 4 is 57.4 Å². The van der Waals surface area contributed by atoms with Crippen LogP contribution in [0.4, 0.5) is 10.8 Å². The number of thioether (sulfide) groups is 1. The number of benzene rings is 2. The van der Waals surface area contributed by atoms with E-state index >= 15 is 0 Å². The minimum Gasteiger partial charge on any atom is -0.459 e. The van der Waals surface area contributed by atoms with Crippen LogP contribution in [0.1, 0.15) is 23.7 Å². The summed E-state index contributed by atoms with van der Waals surface area (Å²) in [6.45, 7) is 5.58. The molecule has 0 N–H and O–H groups in total. The molecule has 156 valence electrons. The lowest BCUT2D eigenvalue weighted by molar-refractivity contribution is -0.141. The van der Waals surface area contributed by atoms with Crippen molar-refractivity contribution in [3.63, 3.8) is 0 Å². The number of thiazole rings is 1. The Morgan fingerprint density at radius 2 is 1.93 bits per heavy atom. The highest BCUT2D eigenvalue weighted by Gasteiger charge is 2.19. The van der Waals surface area contributed by atoms with E-state index in [-0.39, 0.29) is 24.2 Å². The zero-order valence-electron chi connectivity index (χ0n) is 16.8. The van der Waals surface area contributed by atoms with Crippen LogP contribution in [0, 0.1) is 13.8 Å². The van der Waals surface area contributed by atoms with Gasteiger partial charge in [0.15, 0.2) is 5.13 Å². The predicted molar refractivity (Wildman–Crippen MR) is 123 cm³/mol. The average molecular weight is 461 g/mol. The van der Waals surface area contributed by atoms with Crippen molar-refractivity contribution in [3.8, 4) is 0 Å². The van der Waals surface area contributed by atoms with Crippen molar-refractivity contribution in [2.45, 2.75) is 32.3 Å². The molecule has 0 radical (unpaired) electrons. The number of carbonyl (C=O) groups is 2. The van der Waals surface area contributed by atoms with Gasteiger partial charge < -0.3 is 4.74 Å². The first kappa shape index (κ1) is 22.3. The molecule has 0 spiro atoms. The minimum atomic E-state index is -0.355. The number of aryl methyl sites for hydroxylation is 2. The number of esters is 1. The van der Waals surface area contributed by atoms with Crippen molar-refractivity contribution in [1.82, 2.24) is 4.98 Å². The van der Waals surface area contributed by atoms with Crippen LogP contribution in [0.25, 0.3) is 0 Å². The first-order valence-corrected chi connectivity index (χ1v) is 11.4. The smallest absolute Gasteiger partial charge is 0.316 e. The van der Waals surface area contributed by atoms with Crippen LogP contribution in [0.5, 0.6) is 0 Å². The third-order valence-corrected chi connectivity index (χ3v) is 6.72. The molecule has 0 aliphatic rings. The van der Waals surface area contributed by atoms with Crippen LogP contribution in [0.15, 0.2) is 52.7 Å². The van der Waals surface area contributed by atoms with Crippen molar-refractivity contribution in [1.29, 1.82) is 0 Å². The summed E-state index contributed by atoms with van der Waals surface area (Å²) in [4.78, 5) is 31.2. The molecule has 1 amide bonds. The number of hydrogen-bond acceptors (Lipinski definition) is 6. The van der Waals surface area contributed by atoms with Crippen LogP contribution in [-0.4, -0.2) is 22.6 Å². The molecule has 0 unspecified atom stereocenters. The molecule has 0 bridgehead atoms. The van der Waals surface area contributed by atoms with E-state index in [1.807, 2.05) is 50.2 Å². The molecule has 1 aromatic heterocycles. The van der Waals surface area contributed by atoms with Crippen LogP contribution >= 0.6 is 34.7 Å². The molecule has 0 fully saturated rings. The topological polar surface area (TPSA) is 59.5 Å². The maximum absolute atomic E-state index is 12.3. The Labute approximate surface area is 189 Å². The van der Waals surface area contributed by atoms with Gasteiger partial charge in [-0.25, -0.2) is 4.98 Å². The van der Waals surface area contributed by atoms with Crippen LogP contribution < -0.4 is 4.90 Å². The number of carbonyl (C=O) groups excluding carboxylic acids is 2. The van der Waals surface area contributed by atoms with Crippen molar-refractivity contribution in [3.05, 3.63) is 69.7 Å². The molecule has 3 aromatic rings. The van der Waals surface area contributed by atoms with E-state index in [1.165, 1.54) is 30.0 Å². The fraction of sp³-hybridized carbons (Fsp3) is 0.227. The molecule has 0 aliphatic carbocycles. The molecule has 3 rings (SSSR count). The maximum Gasteiger partial charge on any atom is 0.316 e. The van der Waals surface area contributed by atoms with Gasteiger partial charge in [0, 0.05) is 17.2 Å². The van der Waals surface area contributed by atoms with Crippen molar-refractivity contribution in [2.24, 2.45) is 0 Å². The first-order valence-electron chi connectivity index (χ1n) is 9.20. The maximum atomic E-state index is 12.3. The Hall–Kier alpha value is -2.35. The van der Waals surface area contributed by atoms with Crippen LogP contribution in [0.2, 0.25) is 5.02 Å². The van der Waals surface area contributed by atoms with E-state index in [1.54, 1.807) is 16.3 Å². The molecule has 30 heavy (non-hydrogen) atoms. The van der Waals surface area contributed by atoms with E-state index in [0.717, 1.165) is 21.7 Å². The van der Waals surface area contributed by atoms with Crippen molar-refractivity contribution < 1.29 is 14.3 Å². The molecular weight excluding hydrogens is 440 g/mol. The van der Waals surface area contributed by atoms with Gasteiger partial charge in [0.1, 0.15) is 6.61 Å². The van der Waals surface area contributed by atoms with Gasteiger partial charge >= 0.3 is 5.97 Å². The molecule has 5 nitrogen and oxygen atoms in total. The predicted octanol–water partition coefficient (Wildman–Crippen LogP) is 5.93. The van der Waals surface area contributed by atoms with Gasteiger partial charge in [-0.15, -0.1) is 23.1 Å². The lowest BCUT2D eigenvalue weighted by atomic mass is 10.1. The first-order chi connectivity index (χ1) is 14.3. The standard InChI is InChI=1S/C22H21ClN2O3S2/c1-14-8-9-18(10-15(14)2)25(16(3)26)22-24-17(12-30-22)11-28-21(27)13-29-20-7-5-4-6-19(20)23/h4-10,12H,11,13H2,1-3H3. The lowest BCUT2D eigenvalue weighted by Crippen LogP contribution is -2.22. The number of rotatable bonds is 7. The molecule has 8 heteroatoms. The van der Waals surface area contributed by atoms with Crippen molar-refractivity contribution in [2.75, 3.05) is 10.7 Å². The minimum absolute atomic E-state index is 0.0527. The second kappa shape index (κ2) is 10.1. The Bertz CT molecular complexity index is 1070. The SMILES string of the molecule is CC(=O)N(c1ccc(C)c(C)c1)c1nc(COC(=O)CSc2ccccc2Cl)cs1. The van der Waals surface area contributed by atoms with Gasteiger partial charge in [-0.2, -0.15) is 0 Å². The molecule has 2 aromatic carbocycles. The van der Waals surface area contributed by atoms with Crippen LogP contribution in [0.3, 0.4) is 0 Å². The molecule has 0 atom stereocenters. The Morgan fingerprint density at radius 1 is 1.17 bits per heavy atom. The largest absolute Gasteiger partial charge is 0.459 e. The van der Waals surface area contributed by atoms with Gasteiger partial charge in [0.05, 0.1) is 22.2 Å². The Morgan fingerprint density at radius 3 is 2.63 bits per heavy atom. The van der Waals surface area contributed by atoms with Crippen LogP contribution in [-0.2, 0) is 20.9 Å². The van der Waals surface area contributed by atoms with E-state index in [4.69, 9.17) is 16.3 Å². The van der Waals surface area contributed by atoms with E-state index in [0.29, 0.717) is 15.8 Å². The quantitative estimate of drug-likeness (QED) is 0.323.